The van der Waals surface area contributed by atoms with E-state index in [0.717, 1.165) is 18.6 Å². The molecule has 0 heterocycles. The van der Waals surface area contributed by atoms with Crippen LogP contribution in [-0.4, -0.2) is 25.2 Å². The van der Waals surface area contributed by atoms with Gasteiger partial charge in [0.05, 0.1) is 7.11 Å². The molecule has 0 saturated heterocycles. The molecule has 5 nitrogen and oxygen atoms in total. The van der Waals surface area contributed by atoms with E-state index in [2.05, 4.69) is 0 Å². The maximum Gasteiger partial charge on any atom is 0.336 e. The van der Waals surface area contributed by atoms with E-state index in [1.54, 1.807) is 31.4 Å². The van der Waals surface area contributed by atoms with Crippen molar-refractivity contribution in [1.82, 2.24) is 0 Å². The Morgan fingerprint density at radius 2 is 1.59 bits per heavy atom. The number of hydrogen-bond donors (Lipinski definition) is 0. The lowest BCUT2D eigenvalue weighted by Crippen LogP contribution is -2.21. The number of carbonyl (C=O) groups excluding carboxylic acids is 2. The van der Waals surface area contributed by atoms with Crippen molar-refractivity contribution in [2.75, 3.05) is 7.11 Å². The molecular weight excluding hydrogens is 284 g/mol. The van der Waals surface area contributed by atoms with Crippen molar-refractivity contribution in [3.05, 3.63) is 36.4 Å². The Kier molecular flexibility index (Phi) is 7.16. The lowest BCUT2D eigenvalue weighted by molar-refractivity contribution is -0.145. The van der Waals surface area contributed by atoms with Crippen LogP contribution in [0.3, 0.4) is 0 Å². The van der Waals surface area contributed by atoms with E-state index >= 15 is 0 Å². The molecular formula is C17H22O5. The summed E-state index contributed by atoms with van der Waals surface area (Å²) in [5.74, 6) is 0.0798. The standard InChI is InChI=1S/C17H22O5/c1-5-15(12(2)3)22-17(19)11-10-16(18)21-14-8-6-13(20-4)7-9-14/h6-12,15H,5H2,1-4H3/b11-10+. The van der Waals surface area contributed by atoms with Gasteiger partial charge in [-0.3, -0.25) is 0 Å². The quantitative estimate of drug-likeness (QED) is 0.440. The molecule has 0 amide bonds. The van der Waals surface area contributed by atoms with Gasteiger partial charge < -0.3 is 14.2 Å². The average Bonchev–Trinajstić information content (AvgIpc) is 2.51. The first-order valence-corrected chi connectivity index (χ1v) is 7.20. The highest BCUT2D eigenvalue weighted by Gasteiger charge is 2.14. The number of carbonyl (C=O) groups is 2. The number of rotatable bonds is 7. The predicted octanol–water partition coefficient (Wildman–Crippen LogP) is 3.13. The molecule has 0 N–H and O–H groups in total. The van der Waals surface area contributed by atoms with Crippen LogP contribution in [0.5, 0.6) is 11.5 Å². The van der Waals surface area contributed by atoms with Crippen LogP contribution in [0.2, 0.25) is 0 Å². The molecule has 1 aromatic carbocycles. The molecule has 5 heteroatoms. The van der Waals surface area contributed by atoms with Gasteiger partial charge in [-0.05, 0) is 36.6 Å². The molecule has 0 radical (unpaired) electrons. The topological polar surface area (TPSA) is 61.8 Å². The smallest absolute Gasteiger partial charge is 0.336 e. The summed E-state index contributed by atoms with van der Waals surface area (Å²) in [7, 11) is 1.55. The van der Waals surface area contributed by atoms with Gasteiger partial charge in [0.1, 0.15) is 17.6 Å². The van der Waals surface area contributed by atoms with Gasteiger partial charge in [-0.1, -0.05) is 20.8 Å². The summed E-state index contributed by atoms with van der Waals surface area (Å²) in [4.78, 5) is 23.2. The second-order valence-electron chi connectivity index (χ2n) is 5.06. The van der Waals surface area contributed by atoms with Gasteiger partial charge in [0, 0.05) is 12.2 Å². The first-order chi connectivity index (χ1) is 10.5. The van der Waals surface area contributed by atoms with Gasteiger partial charge in [-0.2, -0.15) is 0 Å². The molecule has 0 aromatic heterocycles. The Morgan fingerprint density at radius 3 is 2.09 bits per heavy atom. The number of methoxy groups -OCH3 is 1. The van der Waals surface area contributed by atoms with Crippen molar-refractivity contribution in [3.63, 3.8) is 0 Å². The lowest BCUT2D eigenvalue weighted by atomic mass is 10.1. The maximum absolute atomic E-state index is 11.6. The van der Waals surface area contributed by atoms with Crippen LogP contribution >= 0.6 is 0 Å². The number of ether oxygens (including phenoxy) is 3. The molecule has 22 heavy (non-hydrogen) atoms. The number of esters is 2. The Hall–Kier alpha value is -2.30. The third kappa shape index (κ3) is 5.99. The molecule has 0 fully saturated rings. The van der Waals surface area contributed by atoms with Crippen LogP contribution < -0.4 is 9.47 Å². The van der Waals surface area contributed by atoms with Gasteiger partial charge in [0.25, 0.3) is 0 Å². The highest BCUT2D eigenvalue weighted by Crippen LogP contribution is 2.17. The maximum atomic E-state index is 11.6. The van der Waals surface area contributed by atoms with E-state index in [1.807, 2.05) is 20.8 Å². The second-order valence-corrected chi connectivity index (χ2v) is 5.06. The number of benzene rings is 1. The van der Waals surface area contributed by atoms with E-state index in [-0.39, 0.29) is 12.0 Å². The van der Waals surface area contributed by atoms with Gasteiger partial charge in [-0.25, -0.2) is 9.59 Å². The van der Waals surface area contributed by atoms with Crippen molar-refractivity contribution in [1.29, 1.82) is 0 Å². The zero-order chi connectivity index (χ0) is 16.5. The Labute approximate surface area is 130 Å². The summed E-state index contributed by atoms with van der Waals surface area (Å²) in [5.41, 5.74) is 0. The molecule has 120 valence electrons. The highest BCUT2D eigenvalue weighted by molar-refractivity contribution is 5.92. The summed E-state index contributed by atoms with van der Waals surface area (Å²) >= 11 is 0. The van der Waals surface area contributed by atoms with Crippen LogP contribution in [0.4, 0.5) is 0 Å². The predicted molar refractivity (Wildman–Crippen MR) is 82.8 cm³/mol. The van der Waals surface area contributed by atoms with Crippen molar-refractivity contribution < 1.29 is 23.8 Å². The van der Waals surface area contributed by atoms with Crippen molar-refractivity contribution in [2.24, 2.45) is 5.92 Å². The number of hydrogen-bond acceptors (Lipinski definition) is 5. The van der Waals surface area contributed by atoms with Crippen LogP contribution in [0.15, 0.2) is 36.4 Å². The zero-order valence-electron chi connectivity index (χ0n) is 13.4. The second kappa shape index (κ2) is 8.87. The highest BCUT2D eigenvalue weighted by atomic mass is 16.5. The Morgan fingerprint density at radius 1 is 1.05 bits per heavy atom. The molecule has 1 unspecified atom stereocenters. The van der Waals surface area contributed by atoms with E-state index in [4.69, 9.17) is 14.2 Å². The first-order valence-electron chi connectivity index (χ1n) is 7.20. The summed E-state index contributed by atoms with van der Waals surface area (Å²) in [6.07, 6.45) is 2.71. The van der Waals surface area contributed by atoms with E-state index in [9.17, 15) is 9.59 Å². The Balaban J connectivity index is 2.50. The van der Waals surface area contributed by atoms with E-state index in [0.29, 0.717) is 11.5 Å². The van der Waals surface area contributed by atoms with Gasteiger partial charge in [-0.15, -0.1) is 0 Å². The molecule has 1 atom stereocenters. The van der Waals surface area contributed by atoms with Gasteiger partial charge in [0.2, 0.25) is 0 Å². The minimum absolute atomic E-state index is 0.158. The summed E-state index contributed by atoms with van der Waals surface area (Å²) in [6.45, 7) is 5.89. The molecule has 0 spiro atoms. The Bertz CT molecular complexity index is 516. The lowest BCUT2D eigenvalue weighted by Gasteiger charge is -2.18. The molecule has 0 bridgehead atoms. The van der Waals surface area contributed by atoms with Crippen molar-refractivity contribution in [2.45, 2.75) is 33.3 Å². The SMILES string of the molecule is CCC(OC(=O)/C=C/C(=O)Oc1ccc(OC)cc1)C(C)C. The van der Waals surface area contributed by atoms with Crippen molar-refractivity contribution >= 4 is 11.9 Å². The largest absolute Gasteiger partial charge is 0.497 e. The molecule has 1 aromatic rings. The minimum atomic E-state index is -0.639. The van der Waals surface area contributed by atoms with Crippen molar-refractivity contribution in [3.8, 4) is 11.5 Å². The third-order valence-electron chi connectivity index (χ3n) is 3.05. The van der Waals surface area contributed by atoms with Gasteiger partial charge >= 0.3 is 11.9 Å². The fourth-order valence-electron chi connectivity index (χ4n) is 1.81. The van der Waals surface area contributed by atoms with Crippen LogP contribution in [0.1, 0.15) is 27.2 Å². The molecule has 0 aliphatic heterocycles. The average molecular weight is 306 g/mol. The van der Waals surface area contributed by atoms with E-state index in [1.165, 1.54) is 0 Å². The molecule has 0 aliphatic carbocycles. The zero-order valence-corrected chi connectivity index (χ0v) is 13.4. The first kappa shape index (κ1) is 17.8. The van der Waals surface area contributed by atoms with Crippen LogP contribution in [0.25, 0.3) is 0 Å². The fourth-order valence-corrected chi connectivity index (χ4v) is 1.81. The minimum Gasteiger partial charge on any atom is -0.497 e. The monoisotopic (exact) mass is 306 g/mol. The van der Waals surface area contributed by atoms with Crippen LogP contribution in [-0.2, 0) is 14.3 Å². The molecule has 0 saturated carbocycles. The van der Waals surface area contributed by atoms with Gasteiger partial charge in [0.15, 0.2) is 0 Å². The molecule has 0 aliphatic rings. The summed E-state index contributed by atoms with van der Waals surface area (Å²) < 4.78 is 15.3. The van der Waals surface area contributed by atoms with Crippen LogP contribution in [0, 0.1) is 5.92 Å². The van der Waals surface area contributed by atoms with E-state index < -0.39 is 11.9 Å². The summed E-state index contributed by atoms with van der Waals surface area (Å²) in [6, 6.07) is 6.56. The summed E-state index contributed by atoms with van der Waals surface area (Å²) in [5, 5.41) is 0. The normalized spacial score (nSPS) is 12.2. The fraction of sp³-hybridized carbons (Fsp3) is 0.412. The third-order valence-corrected chi connectivity index (χ3v) is 3.05. The molecule has 1 rings (SSSR count).